The summed E-state index contributed by atoms with van der Waals surface area (Å²) in [6.07, 6.45) is 1.66. The van der Waals surface area contributed by atoms with Crippen molar-refractivity contribution in [1.29, 1.82) is 0 Å². The topological polar surface area (TPSA) is 54.5 Å². The zero-order valence-corrected chi connectivity index (χ0v) is 17.0. The molecule has 3 aromatic rings. The summed E-state index contributed by atoms with van der Waals surface area (Å²) in [4.78, 5) is 40.4. The standard InChI is InChI=1S/C23H18BrNO3/c1-2-3-13-25-22(27)17-9-6-8-14-15(11-12-18(20(14)17)23(25)28)21(26)16-7-4-5-10-19(16)24/h4-12H,2-3,13H2,1H3. The Bertz CT molecular complexity index is 1110. The number of rotatable bonds is 5. The van der Waals surface area contributed by atoms with Crippen molar-refractivity contribution in [1.82, 2.24) is 4.90 Å². The minimum Gasteiger partial charge on any atom is -0.289 e. The summed E-state index contributed by atoms with van der Waals surface area (Å²) in [5.41, 5.74) is 1.98. The van der Waals surface area contributed by atoms with Gasteiger partial charge in [0.05, 0.1) is 0 Å². The van der Waals surface area contributed by atoms with Gasteiger partial charge in [-0.1, -0.05) is 53.5 Å². The summed E-state index contributed by atoms with van der Waals surface area (Å²) in [6.45, 7) is 2.43. The van der Waals surface area contributed by atoms with Gasteiger partial charge >= 0.3 is 0 Å². The molecular weight excluding hydrogens is 418 g/mol. The molecule has 4 rings (SSSR count). The van der Waals surface area contributed by atoms with E-state index < -0.39 is 0 Å². The average molecular weight is 436 g/mol. The van der Waals surface area contributed by atoms with E-state index in [1.807, 2.05) is 25.1 Å². The third kappa shape index (κ3) is 2.87. The second-order valence-corrected chi connectivity index (χ2v) is 7.67. The number of hydrogen-bond acceptors (Lipinski definition) is 3. The van der Waals surface area contributed by atoms with Crippen LogP contribution < -0.4 is 0 Å². The predicted octanol–water partition coefficient (Wildman–Crippen LogP) is 5.23. The Balaban J connectivity index is 1.90. The monoisotopic (exact) mass is 435 g/mol. The van der Waals surface area contributed by atoms with Gasteiger partial charge in [0.25, 0.3) is 11.8 Å². The number of hydrogen-bond donors (Lipinski definition) is 0. The Morgan fingerprint density at radius 2 is 1.61 bits per heavy atom. The molecule has 0 aromatic heterocycles. The van der Waals surface area contributed by atoms with E-state index in [4.69, 9.17) is 0 Å². The second-order valence-electron chi connectivity index (χ2n) is 6.81. The molecule has 28 heavy (non-hydrogen) atoms. The first-order valence-electron chi connectivity index (χ1n) is 9.25. The summed E-state index contributed by atoms with van der Waals surface area (Å²) in [5, 5.41) is 1.20. The maximum absolute atomic E-state index is 13.2. The van der Waals surface area contributed by atoms with E-state index in [1.165, 1.54) is 4.90 Å². The van der Waals surface area contributed by atoms with Crippen LogP contribution in [0.15, 0.2) is 59.1 Å². The van der Waals surface area contributed by atoms with Crippen molar-refractivity contribution in [3.8, 4) is 0 Å². The van der Waals surface area contributed by atoms with Gasteiger partial charge in [0.2, 0.25) is 0 Å². The van der Waals surface area contributed by atoms with Gasteiger partial charge in [-0.2, -0.15) is 0 Å². The van der Waals surface area contributed by atoms with Crippen LogP contribution in [0.1, 0.15) is 56.4 Å². The molecule has 4 nitrogen and oxygen atoms in total. The fourth-order valence-electron chi connectivity index (χ4n) is 3.65. The normalized spacial score (nSPS) is 13.3. The number of unbranched alkanes of at least 4 members (excludes halogenated alkanes) is 1. The Morgan fingerprint density at radius 3 is 2.32 bits per heavy atom. The molecule has 1 heterocycles. The van der Waals surface area contributed by atoms with E-state index in [-0.39, 0.29) is 17.6 Å². The number of nitrogens with zero attached hydrogens (tertiary/aromatic N) is 1. The maximum atomic E-state index is 13.2. The first kappa shape index (κ1) is 18.6. The largest absolute Gasteiger partial charge is 0.289 e. The first-order chi connectivity index (χ1) is 13.5. The van der Waals surface area contributed by atoms with Crippen molar-refractivity contribution < 1.29 is 14.4 Å². The van der Waals surface area contributed by atoms with Crippen molar-refractivity contribution in [3.63, 3.8) is 0 Å². The van der Waals surface area contributed by atoms with Gasteiger partial charge in [0.15, 0.2) is 5.78 Å². The van der Waals surface area contributed by atoms with Crippen LogP contribution in [0.2, 0.25) is 0 Å². The van der Waals surface area contributed by atoms with Crippen molar-refractivity contribution >= 4 is 44.3 Å². The van der Waals surface area contributed by atoms with E-state index >= 15 is 0 Å². The molecule has 0 atom stereocenters. The van der Waals surface area contributed by atoms with E-state index in [9.17, 15) is 14.4 Å². The summed E-state index contributed by atoms with van der Waals surface area (Å²) < 4.78 is 0.707. The highest BCUT2D eigenvalue weighted by molar-refractivity contribution is 9.10. The fourth-order valence-corrected chi connectivity index (χ4v) is 4.12. The maximum Gasteiger partial charge on any atom is 0.261 e. The van der Waals surface area contributed by atoms with Gasteiger partial charge < -0.3 is 0 Å². The Labute approximate surface area is 171 Å². The number of imide groups is 1. The molecular formula is C23H18BrNO3. The Morgan fingerprint density at radius 1 is 0.893 bits per heavy atom. The summed E-state index contributed by atoms with van der Waals surface area (Å²) in [6, 6.07) is 15.9. The van der Waals surface area contributed by atoms with Crippen LogP contribution in [0.5, 0.6) is 0 Å². The van der Waals surface area contributed by atoms with E-state index in [2.05, 4.69) is 15.9 Å². The third-order valence-corrected chi connectivity index (χ3v) is 5.78. The molecule has 0 bridgehead atoms. The molecule has 0 aliphatic carbocycles. The number of halogens is 1. The van der Waals surface area contributed by atoms with Crippen LogP contribution in [0.4, 0.5) is 0 Å². The molecule has 0 saturated carbocycles. The summed E-state index contributed by atoms with van der Waals surface area (Å²) in [5.74, 6) is -0.728. The molecule has 0 N–H and O–H groups in total. The molecule has 1 aliphatic rings. The summed E-state index contributed by atoms with van der Waals surface area (Å²) in [7, 11) is 0. The van der Waals surface area contributed by atoms with Crippen LogP contribution in [-0.4, -0.2) is 29.0 Å². The van der Waals surface area contributed by atoms with Crippen molar-refractivity contribution in [2.24, 2.45) is 0 Å². The van der Waals surface area contributed by atoms with Crippen LogP contribution >= 0.6 is 15.9 Å². The highest BCUT2D eigenvalue weighted by Crippen LogP contribution is 2.34. The number of carbonyl (C=O) groups excluding carboxylic acids is 3. The zero-order valence-electron chi connectivity index (χ0n) is 15.4. The molecule has 0 saturated heterocycles. The minimum absolute atomic E-state index is 0.149. The molecule has 0 spiro atoms. The lowest BCUT2D eigenvalue weighted by Gasteiger charge is -2.27. The van der Waals surface area contributed by atoms with Gasteiger partial charge in [-0.25, -0.2) is 0 Å². The van der Waals surface area contributed by atoms with Gasteiger partial charge in [-0.15, -0.1) is 0 Å². The van der Waals surface area contributed by atoms with Crippen LogP contribution in [0.3, 0.4) is 0 Å². The number of ketones is 1. The molecule has 3 aromatic carbocycles. The number of carbonyl (C=O) groups is 3. The van der Waals surface area contributed by atoms with Crippen LogP contribution in [0.25, 0.3) is 10.8 Å². The molecule has 2 amide bonds. The lowest BCUT2D eigenvalue weighted by molar-refractivity contribution is 0.0608. The van der Waals surface area contributed by atoms with Gasteiger partial charge in [0.1, 0.15) is 0 Å². The minimum atomic E-state index is -0.290. The third-order valence-electron chi connectivity index (χ3n) is 5.09. The molecule has 0 fully saturated rings. The van der Waals surface area contributed by atoms with E-state index in [0.717, 1.165) is 12.8 Å². The first-order valence-corrected chi connectivity index (χ1v) is 10.0. The predicted molar refractivity (Wildman–Crippen MR) is 112 cm³/mol. The molecule has 1 aliphatic heterocycles. The zero-order chi connectivity index (χ0) is 19.8. The quantitative estimate of drug-likeness (QED) is 0.407. The molecule has 0 unspecified atom stereocenters. The molecule has 140 valence electrons. The second kappa shape index (κ2) is 7.32. The van der Waals surface area contributed by atoms with Gasteiger partial charge in [-0.05, 0) is 42.1 Å². The average Bonchev–Trinajstić information content (AvgIpc) is 2.71. The van der Waals surface area contributed by atoms with Crippen molar-refractivity contribution in [2.45, 2.75) is 19.8 Å². The highest BCUT2D eigenvalue weighted by atomic mass is 79.9. The lowest BCUT2D eigenvalue weighted by atomic mass is 9.89. The van der Waals surface area contributed by atoms with Crippen molar-refractivity contribution in [3.05, 3.63) is 81.3 Å². The van der Waals surface area contributed by atoms with E-state index in [0.29, 0.717) is 44.0 Å². The summed E-state index contributed by atoms with van der Waals surface area (Å²) >= 11 is 3.43. The smallest absolute Gasteiger partial charge is 0.261 e. The van der Waals surface area contributed by atoms with E-state index in [1.54, 1.807) is 36.4 Å². The molecule has 5 heteroatoms. The van der Waals surface area contributed by atoms with Crippen LogP contribution in [0, 0.1) is 0 Å². The SMILES string of the molecule is CCCCN1C(=O)c2cccc3c(C(=O)c4ccccc4Br)ccc(c23)C1=O. The number of amides is 2. The lowest BCUT2D eigenvalue weighted by Crippen LogP contribution is -2.40. The number of benzene rings is 3. The van der Waals surface area contributed by atoms with Crippen LogP contribution in [-0.2, 0) is 0 Å². The van der Waals surface area contributed by atoms with Gasteiger partial charge in [0, 0.05) is 38.7 Å². The Hall–Kier alpha value is -2.79. The van der Waals surface area contributed by atoms with Crippen molar-refractivity contribution in [2.75, 3.05) is 6.54 Å². The fraction of sp³-hybridized carbons (Fsp3) is 0.174. The van der Waals surface area contributed by atoms with Gasteiger partial charge in [-0.3, -0.25) is 19.3 Å². The Kier molecular flexibility index (Phi) is 4.85. The molecule has 0 radical (unpaired) electrons. The highest BCUT2D eigenvalue weighted by Gasteiger charge is 2.33.